The molecule has 142 valence electrons. The second-order valence-electron chi connectivity index (χ2n) is 8.77. The summed E-state index contributed by atoms with van der Waals surface area (Å²) in [6.07, 6.45) is 9.04. The first-order valence-corrected chi connectivity index (χ1v) is 10.6. The van der Waals surface area contributed by atoms with Gasteiger partial charge in [-0.05, 0) is 49.4 Å². The van der Waals surface area contributed by atoms with Gasteiger partial charge < -0.3 is 14.4 Å². The van der Waals surface area contributed by atoms with Crippen LogP contribution >= 0.6 is 0 Å². The van der Waals surface area contributed by atoms with Gasteiger partial charge >= 0.3 is 0 Å². The smallest absolute Gasteiger partial charge is 0.123 e. The summed E-state index contributed by atoms with van der Waals surface area (Å²) in [4.78, 5) is 5.24. The number of hydrogen-bond acceptors (Lipinski definition) is 4. The van der Waals surface area contributed by atoms with E-state index in [4.69, 9.17) is 9.47 Å². The number of benzene rings is 1. The molecule has 3 fully saturated rings. The van der Waals surface area contributed by atoms with Crippen LogP contribution in [0.1, 0.15) is 49.7 Å². The maximum Gasteiger partial charge on any atom is 0.123 e. The summed E-state index contributed by atoms with van der Waals surface area (Å²) in [5.41, 5.74) is 2.94. The van der Waals surface area contributed by atoms with E-state index in [2.05, 4.69) is 28.0 Å². The van der Waals surface area contributed by atoms with Crippen LogP contribution in [-0.2, 0) is 17.7 Å². The molecule has 5 rings (SSSR count). The van der Waals surface area contributed by atoms with Crippen LogP contribution in [0.3, 0.4) is 0 Å². The lowest BCUT2D eigenvalue weighted by Crippen LogP contribution is -2.39. The largest absolute Gasteiger partial charge is 0.487 e. The van der Waals surface area contributed by atoms with Crippen LogP contribution in [0.2, 0.25) is 0 Å². The molecule has 4 heterocycles. The van der Waals surface area contributed by atoms with Crippen LogP contribution in [0.4, 0.5) is 0 Å². The van der Waals surface area contributed by atoms with Crippen molar-refractivity contribution in [2.45, 2.75) is 63.1 Å². The van der Waals surface area contributed by atoms with Gasteiger partial charge in [0.25, 0.3) is 0 Å². The van der Waals surface area contributed by atoms with Crippen LogP contribution in [0, 0.1) is 0 Å². The first kappa shape index (κ1) is 17.0. The van der Waals surface area contributed by atoms with Crippen molar-refractivity contribution in [1.29, 1.82) is 0 Å². The normalized spacial score (nSPS) is 32.7. The zero-order valence-electron chi connectivity index (χ0n) is 15.9. The molecule has 1 aromatic carbocycles. The highest BCUT2D eigenvalue weighted by Gasteiger charge is 2.42. The maximum atomic E-state index is 6.61. The summed E-state index contributed by atoms with van der Waals surface area (Å²) in [6, 6.07) is 7.73. The molecule has 0 aliphatic carbocycles. The zero-order chi connectivity index (χ0) is 17.4. The minimum atomic E-state index is 0.0667. The molecule has 2 atom stereocenters. The summed E-state index contributed by atoms with van der Waals surface area (Å²) < 4.78 is 12.1. The number of rotatable bonds is 2. The van der Waals surface area contributed by atoms with E-state index in [1.807, 2.05) is 0 Å². The van der Waals surface area contributed by atoms with Crippen molar-refractivity contribution in [1.82, 2.24) is 9.80 Å². The number of ether oxygens (including phenoxy) is 2. The Morgan fingerprint density at radius 3 is 2.85 bits per heavy atom. The molecule has 4 heteroatoms. The van der Waals surface area contributed by atoms with Crippen molar-refractivity contribution in [3.8, 4) is 5.75 Å². The third-order valence-electron chi connectivity index (χ3n) is 7.01. The molecule has 0 N–H and O–H groups in total. The van der Waals surface area contributed by atoms with Crippen molar-refractivity contribution in [2.75, 3.05) is 39.4 Å². The van der Waals surface area contributed by atoms with Gasteiger partial charge in [-0.3, -0.25) is 4.90 Å². The molecule has 4 aliphatic rings. The number of hydrogen-bond donors (Lipinski definition) is 0. The molecule has 1 aromatic rings. The third-order valence-corrected chi connectivity index (χ3v) is 7.01. The lowest BCUT2D eigenvalue weighted by Gasteiger charge is -2.33. The van der Waals surface area contributed by atoms with E-state index in [1.54, 1.807) is 0 Å². The average molecular weight is 357 g/mol. The summed E-state index contributed by atoms with van der Waals surface area (Å²) >= 11 is 0. The minimum Gasteiger partial charge on any atom is -0.487 e. The van der Waals surface area contributed by atoms with Crippen molar-refractivity contribution in [3.63, 3.8) is 0 Å². The van der Waals surface area contributed by atoms with Crippen molar-refractivity contribution < 1.29 is 9.47 Å². The predicted molar refractivity (Wildman–Crippen MR) is 103 cm³/mol. The highest BCUT2D eigenvalue weighted by atomic mass is 16.5. The minimum absolute atomic E-state index is 0.0667. The summed E-state index contributed by atoms with van der Waals surface area (Å²) in [5.74, 6) is 1.15. The summed E-state index contributed by atoms with van der Waals surface area (Å²) in [6.45, 7) is 7.41. The van der Waals surface area contributed by atoms with Crippen molar-refractivity contribution in [3.05, 3.63) is 29.3 Å². The Kier molecular flexibility index (Phi) is 4.68. The Bertz CT molecular complexity index is 625. The van der Waals surface area contributed by atoms with Crippen molar-refractivity contribution >= 4 is 0 Å². The molecule has 1 spiro atoms. The monoisotopic (exact) mass is 356 g/mol. The van der Waals surface area contributed by atoms with Crippen LogP contribution < -0.4 is 4.74 Å². The fourth-order valence-corrected chi connectivity index (χ4v) is 5.46. The van der Waals surface area contributed by atoms with Crippen LogP contribution in [0.5, 0.6) is 5.75 Å². The van der Waals surface area contributed by atoms with Crippen LogP contribution in [-0.4, -0.2) is 60.8 Å². The van der Waals surface area contributed by atoms with Crippen molar-refractivity contribution in [2.24, 2.45) is 0 Å². The van der Waals surface area contributed by atoms with E-state index in [0.29, 0.717) is 0 Å². The molecule has 0 aromatic heterocycles. The SMILES string of the molecule is c1cc2c(cc1CN1CCOCC1)CC1(CCC3CCCCN3CC1)O2. The summed E-state index contributed by atoms with van der Waals surface area (Å²) in [7, 11) is 0. The molecular weight excluding hydrogens is 324 g/mol. The van der Waals surface area contributed by atoms with Gasteiger partial charge in [0.05, 0.1) is 13.2 Å². The number of nitrogens with zero attached hydrogens (tertiary/aromatic N) is 2. The highest BCUT2D eigenvalue weighted by Crippen LogP contribution is 2.43. The highest BCUT2D eigenvalue weighted by molar-refractivity contribution is 5.42. The van der Waals surface area contributed by atoms with Gasteiger partial charge in [-0.15, -0.1) is 0 Å². The second kappa shape index (κ2) is 7.14. The van der Waals surface area contributed by atoms with E-state index < -0.39 is 0 Å². The first-order chi connectivity index (χ1) is 12.8. The van der Waals surface area contributed by atoms with Crippen LogP contribution in [0.15, 0.2) is 18.2 Å². The van der Waals surface area contributed by atoms with Gasteiger partial charge in [-0.25, -0.2) is 0 Å². The Labute approximate surface area is 157 Å². The molecule has 2 unspecified atom stereocenters. The Morgan fingerprint density at radius 1 is 1.00 bits per heavy atom. The van der Waals surface area contributed by atoms with Gasteiger partial charge in [-0.2, -0.15) is 0 Å². The standard InChI is InChI=1S/C22H32N2O2/c1-2-9-24-10-8-22(7-6-20(24)3-1)16-19-15-18(4-5-21(19)26-22)17-23-11-13-25-14-12-23/h4-5,15,20H,1-3,6-14,16-17H2. The molecule has 4 aliphatic heterocycles. The van der Waals surface area contributed by atoms with Gasteiger partial charge in [0, 0.05) is 45.1 Å². The topological polar surface area (TPSA) is 24.9 Å². The summed E-state index contributed by atoms with van der Waals surface area (Å²) in [5, 5.41) is 0. The van der Waals surface area contributed by atoms with E-state index >= 15 is 0 Å². The van der Waals surface area contributed by atoms with E-state index in [9.17, 15) is 0 Å². The fourth-order valence-electron chi connectivity index (χ4n) is 5.46. The van der Waals surface area contributed by atoms with Gasteiger partial charge in [0.15, 0.2) is 0 Å². The molecule has 0 amide bonds. The molecule has 0 bridgehead atoms. The van der Waals surface area contributed by atoms with E-state index in [1.165, 1.54) is 62.7 Å². The predicted octanol–water partition coefficient (Wildman–Crippen LogP) is 3.23. The maximum absolute atomic E-state index is 6.61. The lowest BCUT2D eigenvalue weighted by molar-refractivity contribution is 0.0342. The molecule has 26 heavy (non-hydrogen) atoms. The van der Waals surface area contributed by atoms with Gasteiger partial charge in [0.1, 0.15) is 11.4 Å². The Morgan fingerprint density at radius 2 is 1.92 bits per heavy atom. The van der Waals surface area contributed by atoms with Crippen LogP contribution in [0.25, 0.3) is 0 Å². The van der Waals surface area contributed by atoms with E-state index in [-0.39, 0.29) is 5.60 Å². The fraction of sp³-hybridized carbons (Fsp3) is 0.727. The quantitative estimate of drug-likeness (QED) is 0.812. The zero-order valence-corrected chi connectivity index (χ0v) is 15.9. The average Bonchev–Trinajstić information content (AvgIpc) is 2.94. The molecule has 3 saturated heterocycles. The second-order valence-corrected chi connectivity index (χ2v) is 8.77. The van der Waals surface area contributed by atoms with Gasteiger partial charge in [-0.1, -0.05) is 18.6 Å². The molecule has 4 nitrogen and oxygen atoms in total. The number of piperidine rings is 1. The molecule has 0 saturated carbocycles. The van der Waals surface area contributed by atoms with E-state index in [0.717, 1.165) is 51.1 Å². The number of fused-ring (bicyclic) bond motifs is 2. The third kappa shape index (κ3) is 3.39. The van der Waals surface area contributed by atoms with Gasteiger partial charge in [0.2, 0.25) is 0 Å². The lowest BCUT2D eigenvalue weighted by atomic mass is 9.88. The number of morpholine rings is 1. The Balaban J connectivity index is 1.28. The first-order valence-electron chi connectivity index (χ1n) is 10.6. The molecule has 0 radical (unpaired) electrons. The Hall–Kier alpha value is -1.10. The molecular formula is C22H32N2O2.